The highest BCUT2D eigenvalue weighted by Gasteiger charge is 2.38. The molecule has 14 heavy (non-hydrogen) atoms. The molecule has 0 amide bonds. The van der Waals surface area contributed by atoms with E-state index in [1.165, 1.54) is 32.1 Å². The van der Waals surface area contributed by atoms with E-state index in [-0.39, 0.29) is 0 Å². The van der Waals surface area contributed by atoms with E-state index in [2.05, 4.69) is 19.2 Å². The van der Waals surface area contributed by atoms with Crippen molar-refractivity contribution in [2.24, 2.45) is 17.1 Å². The predicted octanol–water partition coefficient (Wildman–Crippen LogP) is 1.89. The fourth-order valence-electron chi connectivity index (χ4n) is 3.23. The summed E-state index contributed by atoms with van der Waals surface area (Å²) in [6.45, 7) is 5.59. The molecular weight excluding hydrogens is 172 g/mol. The molecule has 82 valence electrons. The van der Waals surface area contributed by atoms with Crippen LogP contribution < -0.4 is 11.1 Å². The minimum atomic E-state index is 0.592. The van der Waals surface area contributed by atoms with Crippen molar-refractivity contribution in [3.05, 3.63) is 0 Å². The van der Waals surface area contributed by atoms with Crippen LogP contribution in [0.3, 0.4) is 0 Å². The number of rotatable bonds is 3. The van der Waals surface area contributed by atoms with E-state index in [4.69, 9.17) is 5.73 Å². The van der Waals surface area contributed by atoms with Gasteiger partial charge in [-0.3, -0.25) is 0 Å². The van der Waals surface area contributed by atoms with Gasteiger partial charge in [0.2, 0.25) is 0 Å². The van der Waals surface area contributed by atoms with Crippen molar-refractivity contribution in [1.82, 2.24) is 5.32 Å². The maximum Gasteiger partial charge on any atom is 0.0110 e. The summed E-state index contributed by atoms with van der Waals surface area (Å²) in [4.78, 5) is 0. The Morgan fingerprint density at radius 2 is 2.00 bits per heavy atom. The van der Waals surface area contributed by atoms with Gasteiger partial charge in [0.1, 0.15) is 0 Å². The molecule has 0 radical (unpaired) electrons. The van der Waals surface area contributed by atoms with E-state index in [9.17, 15) is 0 Å². The second-order valence-electron chi connectivity index (χ2n) is 5.97. The topological polar surface area (TPSA) is 38.0 Å². The number of hydrogen-bond donors (Lipinski definition) is 2. The molecule has 3 N–H and O–H groups in total. The predicted molar refractivity (Wildman–Crippen MR) is 60.1 cm³/mol. The van der Waals surface area contributed by atoms with Gasteiger partial charge in [-0.2, -0.15) is 0 Å². The molecule has 2 fully saturated rings. The first-order valence-corrected chi connectivity index (χ1v) is 6.07. The molecule has 2 unspecified atom stereocenters. The van der Waals surface area contributed by atoms with Crippen LogP contribution in [0.2, 0.25) is 0 Å². The van der Waals surface area contributed by atoms with Crippen molar-refractivity contribution in [2.45, 2.75) is 58.0 Å². The molecule has 2 saturated carbocycles. The Balaban J connectivity index is 1.76. The molecule has 2 rings (SSSR count). The summed E-state index contributed by atoms with van der Waals surface area (Å²) in [6.07, 6.45) is 6.75. The Kier molecular flexibility index (Phi) is 2.85. The number of hydrogen-bond acceptors (Lipinski definition) is 2. The smallest absolute Gasteiger partial charge is 0.0110 e. The average molecular weight is 196 g/mol. The Hall–Kier alpha value is -0.0800. The van der Waals surface area contributed by atoms with Gasteiger partial charge in [-0.1, -0.05) is 20.3 Å². The molecule has 0 aliphatic heterocycles. The van der Waals surface area contributed by atoms with Crippen LogP contribution in [-0.2, 0) is 0 Å². The summed E-state index contributed by atoms with van der Waals surface area (Å²) >= 11 is 0. The fraction of sp³-hybridized carbons (Fsp3) is 1.00. The van der Waals surface area contributed by atoms with Crippen molar-refractivity contribution < 1.29 is 0 Å². The first-order chi connectivity index (χ1) is 6.61. The fourth-order valence-corrected chi connectivity index (χ4v) is 3.23. The third-order valence-corrected chi connectivity index (χ3v) is 4.01. The van der Waals surface area contributed by atoms with E-state index in [1.54, 1.807) is 0 Å². The maximum atomic E-state index is 5.77. The zero-order valence-electron chi connectivity index (χ0n) is 9.55. The second kappa shape index (κ2) is 3.82. The average Bonchev–Trinajstić information content (AvgIpc) is 2.48. The normalized spacial score (nSPS) is 37.1. The Morgan fingerprint density at radius 3 is 2.57 bits per heavy atom. The first kappa shape index (κ1) is 10.4. The van der Waals surface area contributed by atoms with Crippen LogP contribution in [0.25, 0.3) is 0 Å². The largest absolute Gasteiger partial charge is 0.330 e. The molecule has 2 nitrogen and oxygen atoms in total. The summed E-state index contributed by atoms with van der Waals surface area (Å²) in [5.74, 6) is 0.749. The molecule has 2 atom stereocenters. The lowest BCUT2D eigenvalue weighted by atomic mass is 9.68. The molecule has 0 spiro atoms. The molecule has 0 aromatic heterocycles. The van der Waals surface area contributed by atoms with Gasteiger partial charge in [-0.15, -0.1) is 0 Å². The van der Waals surface area contributed by atoms with Gasteiger partial charge < -0.3 is 11.1 Å². The van der Waals surface area contributed by atoms with Crippen LogP contribution >= 0.6 is 0 Å². The highest BCUT2D eigenvalue weighted by molar-refractivity contribution is 4.95. The van der Waals surface area contributed by atoms with E-state index in [1.807, 2.05) is 0 Å². The highest BCUT2D eigenvalue weighted by Crippen LogP contribution is 2.41. The molecule has 0 heterocycles. The van der Waals surface area contributed by atoms with Gasteiger partial charge in [0, 0.05) is 12.1 Å². The SMILES string of the molecule is CC1(C)CC(NC2CCCC2CN)C1. The van der Waals surface area contributed by atoms with Gasteiger partial charge in [0.05, 0.1) is 0 Å². The van der Waals surface area contributed by atoms with Crippen LogP contribution in [0.1, 0.15) is 46.0 Å². The molecular formula is C12H24N2. The highest BCUT2D eigenvalue weighted by atomic mass is 15.0. The lowest BCUT2D eigenvalue weighted by molar-refractivity contribution is 0.111. The minimum Gasteiger partial charge on any atom is -0.330 e. The Morgan fingerprint density at radius 1 is 1.29 bits per heavy atom. The van der Waals surface area contributed by atoms with E-state index >= 15 is 0 Å². The van der Waals surface area contributed by atoms with Crippen molar-refractivity contribution in [3.8, 4) is 0 Å². The van der Waals surface area contributed by atoms with E-state index < -0.39 is 0 Å². The minimum absolute atomic E-state index is 0.592. The quantitative estimate of drug-likeness (QED) is 0.723. The van der Waals surface area contributed by atoms with Crippen LogP contribution in [0.15, 0.2) is 0 Å². The molecule has 0 aromatic rings. The lowest BCUT2D eigenvalue weighted by Gasteiger charge is -2.45. The summed E-state index contributed by atoms with van der Waals surface area (Å²) in [6, 6.07) is 1.50. The maximum absolute atomic E-state index is 5.77. The summed E-state index contributed by atoms with van der Waals surface area (Å²) in [5, 5.41) is 3.79. The van der Waals surface area contributed by atoms with Crippen molar-refractivity contribution in [2.75, 3.05) is 6.54 Å². The zero-order chi connectivity index (χ0) is 10.2. The molecule has 2 aliphatic rings. The van der Waals surface area contributed by atoms with Gasteiger partial charge in [0.15, 0.2) is 0 Å². The third kappa shape index (κ3) is 2.12. The summed E-state index contributed by atoms with van der Waals surface area (Å²) in [5.41, 5.74) is 6.36. The van der Waals surface area contributed by atoms with Gasteiger partial charge >= 0.3 is 0 Å². The standard InChI is InChI=1S/C12H24N2/c1-12(2)6-10(7-12)14-11-5-3-4-9(11)8-13/h9-11,14H,3-8,13H2,1-2H3. The number of nitrogens with two attached hydrogens (primary N) is 1. The number of nitrogens with one attached hydrogen (secondary N) is 1. The van der Waals surface area contributed by atoms with Crippen molar-refractivity contribution >= 4 is 0 Å². The summed E-state index contributed by atoms with van der Waals surface area (Å²) in [7, 11) is 0. The van der Waals surface area contributed by atoms with Crippen LogP contribution in [0.5, 0.6) is 0 Å². The van der Waals surface area contributed by atoms with E-state index in [0.29, 0.717) is 5.41 Å². The van der Waals surface area contributed by atoms with Crippen molar-refractivity contribution in [3.63, 3.8) is 0 Å². The molecule has 0 saturated heterocycles. The Labute approximate surface area is 87.6 Å². The third-order valence-electron chi connectivity index (χ3n) is 4.01. The molecule has 0 bridgehead atoms. The van der Waals surface area contributed by atoms with E-state index in [0.717, 1.165) is 24.5 Å². The Bertz CT molecular complexity index is 192. The van der Waals surface area contributed by atoms with Gasteiger partial charge in [-0.25, -0.2) is 0 Å². The molecule has 2 aliphatic carbocycles. The van der Waals surface area contributed by atoms with Crippen LogP contribution in [0, 0.1) is 11.3 Å². The van der Waals surface area contributed by atoms with Crippen LogP contribution in [0.4, 0.5) is 0 Å². The van der Waals surface area contributed by atoms with Gasteiger partial charge in [-0.05, 0) is 43.6 Å². The van der Waals surface area contributed by atoms with Crippen LogP contribution in [-0.4, -0.2) is 18.6 Å². The van der Waals surface area contributed by atoms with Gasteiger partial charge in [0.25, 0.3) is 0 Å². The summed E-state index contributed by atoms with van der Waals surface area (Å²) < 4.78 is 0. The first-order valence-electron chi connectivity index (χ1n) is 6.07. The molecule has 0 aromatic carbocycles. The molecule has 2 heteroatoms. The van der Waals surface area contributed by atoms with Crippen molar-refractivity contribution in [1.29, 1.82) is 0 Å². The lowest BCUT2D eigenvalue weighted by Crippen LogP contribution is -2.51. The second-order valence-corrected chi connectivity index (χ2v) is 5.97. The zero-order valence-corrected chi connectivity index (χ0v) is 9.55. The monoisotopic (exact) mass is 196 g/mol.